The second kappa shape index (κ2) is 5.49. The topological polar surface area (TPSA) is 52.6 Å². The van der Waals surface area contributed by atoms with Gasteiger partial charge in [-0.25, -0.2) is 0 Å². The lowest BCUT2D eigenvalue weighted by molar-refractivity contribution is -0.120. The maximum absolute atomic E-state index is 11.9. The zero-order valence-corrected chi connectivity index (χ0v) is 9.83. The van der Waals surface area contributed by atoms with Crippen molar-refractivity contribution in [3.63, 3.8) is 0 Å². The van der Waals surface area contributed by atoms with Gasteiger partial charge in [0.05, 0.1) is 14.2 Å². The average molecular weight is 224 g/mol. The Morgan fingerprint density at radius 1 is 1.12 bits per heavy atom. The van der Waals surface area contributed by atoms with Gasteiger partial charge in [0.25, 0.3) is 0 Å². The van der Waals surface area contributed by atoms with Crippen LogP contribution in [0.3, 0.4) is 0 Å². The van der Waals surface area contributed by atoms with Gasteiger partial charge in [-0.3, -0.25) is 9.59 Å². The van der Waals surface area contributed by atoms with Crippen molar-refractivity contribution in [1.29, 1.82) is 0 Å². The number of methoxy groups -OCH3 is 2. The number of rotatable bonds is 5. The van der Waals surface area contributed by atoms with Crippen molar-refractivity contribution in [3.8, 4) is 0 Å². The molecule has 0 amide bonds. The van der Waals surface area contributed by atoms with E-state index in [-0.39, 0.29) is 23.1 Å². The highest BCUT2D eigenvalue weighted by atomic mass is 16.5. The van der Waals surface area contributed by atoms with Crippen molar-refractivity contribution in [1.82, 2.24) is 0 Å². The van der Waals surface area contributed by atoms with Crippen LogP contribution in [0.5, 0.6) is 0 Å². The first-order valence-electron chi connectivity index (χ1n) is 5.27. The number of ether oxygens (including phenoxy) is 2. The molecule has 0 heterocycles. The van der Waals surface area contributed by atoms with E-state index in [1.807, 2.05) is 6.92 Å². The summed E-state index contributed by atoms with van der Waals surface area (Å²) in [5.74, 6) is -0.536. The summed E-state index contributed by atoms with van der Waals surface area (Å²) in [5.41, 5.74) is 0.504. The van der Waals surface area contributed by atoms with Crippen LogP contribution in [0.4, 0.5) is 0 Å². The highest BCUT2D eigenvalue weighted by molar-refractivity contribution is 6.20. The van der Waals surface area contributed by atoms with E-state index in [1.165, 1.54) is 20.3 Å². The zero-order chi connectivity index (χ0) is 12.1. The van der Waals surface area contributed by atoms with E-state index in [1.54, 1.807) is 0 Å². The molecule has 0 aromatic carbocycles. The average Bonchev–Trinajstić information content (AvgIpc) is 2.29. The minimum Gasteiger partial charge on any atom is -0.490 e. The van der Waals surface area contributed by atoms with Crippen molar-refractivity contribution in [3.05, 3.63) is 23.2 Å². The first-order chi connectivity index (χ1) is 7.65. The third-order valence-electron chi connectivity index (χ3n) is 2.44. The third-order valence-corrected chi connectivity index (χ3v) is 2.44. The number of hydrogen-bond donors (Lipinski definition) is 0. The van der Waals surface area contributed by atoms with Crippen LogP contribution in [-0.4, -0.2) is 25.8 Å². The lowest BCUT2D eigenvalue weighted by Gasteiger charge is -2.16. The van der Waals surface area contributed by atoms with Gasteiger partial charge in [-0.15, -0.1) is 0 Å². The minimum atomic E-state index is -0.301. The molecule has 0 unspecified atom stereocenters. The van der Waals surface area contributed by atoms with E-state index in [4.69, 9.17) is 9.47 Å². The molecular formula is C12H16O4. The monoisotopic (exact) mass is 224 g/mol. The summed E-state index contributed by atoms with van der Waals surface area (Å²) in [6, 6.07) is 0. The molecule has 0 aliphatic heterocycles. The Hall–Kier alpha value is -1.58. The predicted octanol–water partition coefficient (Wildman–Crippen LogP) is 1.76. The van der Waals surface area contributed by atoms with Gasteiger partial charge >= 0.3 is 0 Å². The van der Waals surface area contributed by atoms with Crippen LogP contribution in [0, 0.1) is 0 Å². The largest absolute Gasteiger partial charge is 0.490 e. The van der Waals surface area contributed by atoms with Gasteiger partial charge in [0, 0.05) is 5.57 Å². The molecule has 0 fully saturated rings. The Morgan fingerprint density at radius 2 is 1.75 bits per heavy atom. The minimum absolute atomic E-state index is 0.00671. The molecule has 88 valence electrons. The van der Waals surface area contributed by atoms with Crippen LogP contribution < -0.4 is 0 Å². The molecule has 1 aliphatic rings. The van der Waals surface area contributed by atoms with Crippen molar-refractivity contribution in [2.75, 3.05) is 14.2 Å². The SMILES string of the molecule is CCCCC1=CC(=O)C(OC)=C(OC)C1=O. The fourth-order valence-electron chi connectivity index (χ4n) is 1.58. The molecule has 16 heavy (non-hydrogen) atoms. The summed E-state index contributed by atoms with van der Waals surface area (Å²) in [4.78, 5) is 23.5. The number of Topliss-reactive ketones (excluding diaryl/α,β-unsaturated/α-hetero) is 1. The van der Waals surface area contributed by atoms with Crippen LogP contribution in [-0.2, 0) is 19.1 Å². The fourth-order valence-corrected chi connectivity index (χ4v) is 1.58. The van der Waals surface area contributed by atoms with Crippen LogP contribution in [0.1, 0.15) is 26.2 Å². The molecule has 0 N–H and O–H groups in total. The van der Waals surface area contributed by atoms with E-state index >= 15 is 0 Å². The molecule has 1 rings (SSSR count). The highest BCUT2D eigenvalue weighted by Crippen LogP contribution is 2.23. The Bertz CT molecular complexity index is 363. The summed E-state index contributed by atoms with van der Waals surface area (Å²) in [5, 5.41) is 0. The molecule has 0 saturated heterocycles. The summed E-state index contributed by atoms with van der Waals surface area (Å²) < 4.78 is 9.80. The van der Waals surface area contributed by atoms with E-state index < -0.39 is 0 Å². The quantitative estimate of drug-likeness (QED) is 0.668. The molecule has 0 radical (unpaired) electrons. The van der Waals surface area contributed by atoms with Crippen LogP contribution >= 0.6 is 0 Å². The van der Waals surface area contributed by atoms with Crippen molar-refractivity contribution >= 4 is 11.6 Å². The van der Waals surface area contributed by atoms with Crippen molar-refractivity contribution < 1.29 is 19.1 Å². The molecule has 0 spiro atoms. The number of hydrogen-bond acceptors (Lipinski definition) is 4. The summed E-state index contributed by atoms with van der Waals surface area (Å²) in [6.45, 7) is 2.03. The summed E-state index contributed by atoms with van der Waals surface area (Å²) >= 11 is 0. The summed E-state index contributed by atoms with van der Waals surface area (Å²) in [6.07, 6.45) is 3.80. The van der Waals surface area contributed by atoms with E-state index in [2.05, 4.69) is 0 Å². The Balaban J connectivity index is 2.97. The van der Waals surface area contributed by atoms with Crippen molar-refractivity contribution in [2.45, 2.75) is 26.2 Å². The van der Waals surface area contributed by atoms with E-state index in [0.717, 1.165) is 12.8 Å². The third kappa shape index (κ3) is 2.32. The van der Waals surface area contributed by atoms with Gasteiger partial charge in [-0.1, -0.05) is 13.3 Å². The molecule has 4 heteroatoms. The van der Waals surface area contributed by atoms with Crippen molar-refractivity contribution in [2.24, 2.45) is 0 Å². The number of carbonyl (C=O) groups is 2. The zero-order valence-electron chi connectivity index (χ0n) is 9.83. The van der Waals surface area contributed by atoms with Crippen LogP contribution in [0.2, 0.25) is 0 Å². The Labute approximate surface area is 94.9 Å². The Kier molecular flexibility index (Phi) is 4.28. The highest BCUT2D eigenvalue weighted by Gasteiger charge is 2.29. The number of unbranched alkanes of at least 4 members (excludes halogenated alkanes) is 1. The second-order valence-corrected chi connectivity index (χ2v) is 3.53. The molecule has 1 aliphatic carbocycles. The first kappa shape index (κ1) is 12.5. The number of ketones is 2. The maximum Gasteiger partial charge on any atom is 0.227 e. The fraction of sp³-hybridized carbons (Fsp3) is 0.500. The predicted molar refractivity (Wildman–Crippen MR) is 58.7 cm³/mol. The second-order valence-electron chi connectivity index (χ2n) is 3.53. The molecule has 0 saturated carbocycles. The Morgan fingerprint density at radius 3 is 2.25 bits per heavy atom. The number of allylic oxidation sites excluding steroid dienone is 2. The van der Waals surface area contributed by atoms with Gasteiger partial charge < -0.3 is 9.47 Å². The van der Waals surface area contributed by atoms with Gasteiger partial charge in [-0.05, 0) is 18.9 Å². The molecule has 0 bridgehead atoms. The molecule has 4 nitrogen and oxygen atoms in total. The lowest BCUT2D eigenvalue weighted by Crippen LogP contribution is -2.21. The smallest absolute Gasteiger partial charge is 0.227 e. The lowest BCUT2D eigenvalue weighted by atomic mass is 9.96. The van der Waals surface area contributed by atoms with Crippen LogP contribution in [0.25, 0.3) is 0 Å². The van der Waals surface area contributed by atoms with Gasteiger partial charge in [0.1, 0.15) is 0 Å². The molecule has 0 aromatic heterocycles. The molecule has 0 aromatic rings. The van der Waals surface area contributed by atoms with E-state index in [0.29, 0.717) is 12.0 Å². The molecular weight excluding hydrogens is 208 g/mol. The summed E-state index contributed by atoms with van der Waals surface area (Å²) in [7, 11) is 2.71. The normalized spacial score (nSPS) is 16.3. The maximum atomic E-state index is 11.9. The van der Waals surface area contributed by atoms with Crippen LogP contribution in [0.15, 0.2) is 23.2 Å². The van der Waals surface area contributed by atoms with Gasteiger partial charge in [0.2, 0.25) is 23.1 Å². The molecule has 0 atom stereocenters. The standard InChI is InChI=1S/C12H16O4/c1-4-5-6-8-7-9(13)11(15-2)12(16-3)10(8)14/h7H,4-6H2,1-3H3. The van der Waals surface area contributed by atoms with E-state index in [9.17, 15) is 9.59 Å². The number of carbonyl (C=O) groups excluding carboxylic acids is 2. The van der Waals surface area contributed by atoms with Gasteiger partial charge in [-0.2, -0.15) is 0 Å². The van der Waals surface area contributed by atoms with Gasteiger partial charge in [0.15, 0.2) is 0 Å². The first-order valence-corrected chi connectivity index (χ1v) is 5.27.